The van der Waals surface area contributed by atoms with Gasteiger partial charge in [0.1, 0.15) is 5.60 Å². The van der Waals surface area contributed by atoms with E-state index in [-0.39, 0.29) is 22.5 Å². The summed E-state index contributed by atoms with van der Waals surface area (Å²) in [5.74, 6) is 2.45. The number of fused-ring (bicyclic) bond motifs is 9. The third-order valence-electron chi connectivity index (χ3n) is 10.7. The Labute approximate surface area is 182 Å². The molecule has 8 atom stereocenters. The van der Waals surface area contributed by atoms with Gasteiger partial charge in [-0.2, -0.15) is 0 Å². The van der Waals surface area contributed by atoms with E-state index in [2.05, 4.69) is 26.5 Å². The minimum atomic E-state index is -0.212. The number of nitrogens with two attached hydrogens (primary N) is 1. The predicted molar refractivity (Wildman–Crippen MR) is 121 cm³/mol. The number of carbonyl (C=O) groups is 1. The van der Waals surface area contributed by atoms with E-state index in [4.69, 9.17) is 10.5 Å². The third-order valence-corrected chi connectivity index (χ3v) is 10.7. The summed E-state index contributed by atoms with van der Waals surface area (Å²) in [7, 11) is 0. The van der Waals surface area contributed by atoms with Crippen LogP contribution in [0.4, 0.5) is 0 Å². The molecule has 0 aromatic carbocycles. The topological polar surface area (TPSA) is 52.3 Å². The second-order valence-corrected chi connectivity index (χ2v) is 11.6. The number of carbonyl (C=O) groups excluding carboxylic acids is 1. The molecular weight excluding hydrogens is 370 g/mol. The van der Waals surface area contributed by atoms with Crippen LogP contribution in [0.25, 0.3) is 0 Å². The molecule has 1 saturated heterocycles. The Morgan fingerprint density at radius 1 is 1.07 bits per heavy atom. The van der Waals surface area contributed by atoms with Gasteiger partial charge < -0.3 is 10.5 Å². The average molecular weight is 412 g/mol. The smallest absolute Gasteiger partial charge is 0.306 e. The van der Waals surface area contributed by atoms with Crippen molar-refractivity contribution in [1.82, 2.24) is 0 Å². The van der Waals surface area contributed by atoms with Gasteiger partial charge in [-0.1, -0.05) is 51.5 Å². The molecule has 1 spiro atoms. The summed E-state index contributed by atoms with van der Waals surface area (Å²) in [6.45, 7) is 13.3. The van der Waals surface area contributed by atoms with Gasteiger partial charge in [0.2, 0.25) is 0 Å². The lowest BCUT2D eigenvalue weighted by molar-refractivity contribution is -0.203. The summed E-state index contributed by atoms with van der Waals surface area (Å²) in [5.41, 5.74) is 10.3. The molecule has 0 aromatic heterocycles. The zero-order valence-electron chi connectivity index (χ0n) is 19.6. The van der Waals surface area contributed by atoms with E-state index >= 15 is 0 Å². The van der Waals surface area contributed by atoms with E-state index in [0.29, 0.717) is 35.5 Å². The monoisotopic (exact) mass is 411 g/mol. The van der Waals surface area contributed by atoms with Crippen molar-refractivity contribution in [3.8, 4) is 0 Å². The quantitative estimate of drug-likeness (QED) is 0.502. The van der Waals surface area contributed by atoms with Crippen molar-refractivity contribution in [3.63, 3.8) is 0 Å². The van der Waals surface area contributed by atoms with Gasteiger partial charge in [-0.25, -0.2) is 0 Å². The van der Waals surface area contributed by atoms with Gasteiger partial charge in [0, 0.05) is 23.3 Å². The number of ether oxygens (including phenoxy) is 1. The highest BCUT2D eigenvalue weighted by molar-refractivity contribution is 5.72. The minimum Gasteiger partial charge on any atom is -0.458 e. The molecule has 4 saturated carbocycles. The van der Waals surface area contributed by atoms with Crippen LogP contribution in [0.5, 0.6) is 0 Å². The minimum absolute atomic E-state index is 0.0267. The molecule has 5 aliphatic carbocycles. The first-order chi connectivity index (χ1) is 14.2. The molecule has 0 radical (unpaired) electrons. The summed E-state index contributed by atoms with van der Waals surface area (Å²) in [4.78, 5) is 12.2. The van der Waals surface area contributed by atoms with Crippen molar-refractivity contribution in [2.24, 2.45) is 40.2 Å². The molecule has 166 valence electrons. The van der Waals surface area contributed by atoms with Crippen LogP contribution in [0.1, 0.15) is 91.9 Å². The number of hydrogen-bond acceptors (Lipinski definition) is 3. The Morgan fingerprint density at radius 3 is 2.53 bits per heavy atom. The Morgan fingerprint density at radius 2 is 1.83 bits per heavy atom. The Bertz CT molecular complexity index is 816. The molecule has 30 heavy (non-hydrogen) atoms. The molecule has 0 bridgehead atoms. The summed E-state index contributed by atoms with van der Waals surface area (Å²) >= 11 is 0. The highest BCUT2D eigenvalue weighted by atomic mass is 16.6. The molecule has 1 aliphatic heterocycles. The molecule has 6 aliphatic rings. The number of esters is 1. The summed E-state index contributed by atoms with van der Waals surface area (Å²) < 4.78 is 6.17. The van der Waals surface area contributed by atoms with Crippen LogP contribution in [0.3, 0.4) is 0 Å². The van der Waals surface area contributed by atoms with Crippen molar-refractivity contribution in [1.29, 1.82) is 0 Å². The maximum absolute atomic E-state index is 12.2. The summed E-state index contributed by atoms with van der Waals surface area (Å²) in [6, 6.07) is 0. The maximum Gasteiger partial charge on any atom is 0.306 e. The third kappa shape index (κ3) is 2.39. The first-order valence-corrected chi connectivity index (χ1v) is 12.6. The van der Waals surface area contributed by atoms with Gasteiger partial charge in [0.05, 0.1) is 0 Å². The zero-order valence-corrected chi connectivity index (χ0v) is 19.6. The average Bonchev–Trinajstić information content (AvgIpc) is 3.28. The van der Waals surface area contributed by atoms with E-state index < -0.39 is 0 Å². The van der Waals surface area contributed by atoms with E-state index in [1.54, 1.807) is 5.57 Å². The normalized spacial score (nSPS) is 53.3. The summed E-state index contributed by atoms with van der Waals surface area (Å²) in [5, 5.41) is 0. The zero-order chi connectivity index (χ0) is 21.5. The number of allylic oxidation sites excluding steroid dienone is 2. The highest BCUT2D eigenvalue weighted by Gasteiger charge is 2.74. The Kier molecular flexibility index (Phi) is 4.48. The molecule has 3 unspecified atom stereocenters. The number of hydrogen-bond donors (Lipinski definition) is 1. The molecule has 6 rings (SSSR count). The Balaban J connectivity index is 0.000000937. The van der Waals surface area contributed by atoms with Crippen LogP contribution in [0.2, 0.25) is 0 Å². The lowest BCUT2D eigenvalue weighted by Gasteiger charge is -2.65. The standard InChI is InChI=1S/C25H35NO2.C2H6/c1-15-6-10-22(2)16-7-11-23(3)17(5-4-9-24(23)12-8-20(27)28-24)21(16)25(26)14-19(25)18(22)13-15;1-2/h13,16-17,19,21H,1,4-12,14,26H2,2-3H3;1-2H3/t16-,17-,19-,21?,22?,23?,24+,25+;/m0./s1. The van der Waals surface area contributed by atoms with Crippen LogP contribution >= 0.6 is 0 Å². The van der Waals surface area contributed by atoms with Gasteiger partial charge in [-0.05, 0) is 81.0 Å². The number of rotatable bonds is 0. The molecule has 2 N–H and O–H groups in total. The van der Waals surface area contributed by atoms with Crippen molar-refractivity contribution in [2.45, 2.75) is 103 Å². The molecule has 3 heteroatoms. The van der Waals surface area contributed by atoms with Gasteiger partial charge >= 0.3 is 5.97 Å². The predicted octanol–water partition coefficient (Wildman–Crippen LogP) is 5.93. The van der Waals surface area contributed by atoms with E-state index in [9.17, 15) is 4.79 Å². The fourth-order valence-corrected chi connectivity index (χ4v) is 9.10. The largest absolute Gasteiger partial charge is 0.458 e. The second kappa shape index (κ2) is 6.47. The fraction of sp³-hybridized carbons (Fsp3) is 0.815. The van der Waals surface area contributed by atoms with Crippen LogP contribution in [-0.4, -0.2) is 17.1 Å². The van der Waals surface area contributed by atoms with Gasteiger partial charge in [0.15, 0.2) is 0 Å². The van der Waals surface area contributed by atoms with Crippen LogP contribution in [0, 0.1) is 34.5 Å². The molecule has 5 fully saturated rings. The molecule has 0 amide bonds. The van der Waals surface area contributed by atoms with Crippen molar-refractivity contribution in [2.75, 3.05) is 0 Å². The highest BCUT2D eigenvalue weighted by Crippen LogP contribution is 2.75. The van der Waals surface area contributed by atoms with Crippen molar-refractivity contribution in [3.05, 3.63) is 23.8 Å². The first kappa shape index (κ1) is 20.8. The van der Waals surface area contributed by atoms with E-state index in [1.165, 1.54) is 37.7 Å². The van der Waals surface area contributed by atoms with Gasteiger partial charge in [-0.3, -0.25) is 4.79 Å². The SMILES string of the molecule is C=C1C=C2[C@@H]3C[C@]3(N)C3[C@H](CCC4(C)[C@H]3CCC[C@@]43CCC(=O)O3)C2(C)CC1.CC. The van der Waals surface area contributed by atoms with Gasteiger partial charge in [0.25, 0.3) is 0 Å². The molecule has 0 aromatic rings. The first-order valence-electron chi connectivity index (χ1n) is 12.6. The van der Waals surface area contributed by atoms with E-state index in [0.717, 1.165) is 25.7 Å². The fourth-order valence-electron chi connectivity index (χ4n) is 9.10. The second-order valence-electron chi connectivity index (χ2n) is 11.6. The lowest BCUT2D eigenvalue weighted by atomic mass is 9.41. The molecule has 1 heterocycles. The lowest BCUT2D eigenvalue weighted by Crippen LogP contribution is -2.65. The summed E-state index contributed by atoms with van der Waals surface area (Å²) in [6.07, 6.45) is 13.4. The molecular formula is C27H41NO2. The van der Waals surface area contributed by atoms with Crippen molar-refractivity contribution >= 4 is 5.97 Å². The van der Waals surface area contributed by atoms with Gasteiger partial charge in [-0.15, -0.1) is 0 Å². The molecule has 3 nitrogen and oxygen atoms in total. The Hall–Kier alpha value is -1.09. The van der Waals surface area contributed by atoms with Crippen molar-refractivity contribution < 1.29 is 9.53 Å². The van der Waals surface area contributed by atoms with Crippen LogP contribution in [-0.2, 0) is 9.53 Å². The maximum atomic E-state index is 12.2. The van der Waals surface area contributed by atoms with Crippen LogP contribution < -0.4 is 5.73 Å². The van der Waals surface area contributed by atoms with Crippen LogP contribution in [0.15, 0.2) is 23.8 Å². The van der Waals surface area contributed by atoms with E-state index in [1.807, 2.05) is 13.8 Å².